The summed E-state index contributed by atoms with van der Waals surface area (Å²) in [6.07, 6.45) is 3.05. The number of halogens is 2. The van der Waals surface area contributed by atoms with E-state index in [2.05, 4.69) is 25.7 Å². The first-order chi connectivity index (χ1) is 14.4. The van der Waals surface area contributed by atoms with Crippen molar-refractivity contribution < 1.29 is 9.31 Å². The molecule has 0 aliphatic carbocycles. The average Bonchev–Trinajstić information content (AvgIpc) is 3.40. The lowest BCUT2D eigenvalue weighted by atomic mass is 10.2. The van der Waals surface area contributed by atoms with Crippen molar-refractivity contribution in [3.8, 4) is 0 Å². The SMILES string of the molecule is Cc1nn(Cc2nnc(Nc3ccn(Cc4c(F)cccc4Cl)n3)s2)cc1[N+](=O)[O-]. The molecule has 0 unspecified atom stereocenters. The second-order valence-corrected chi connectivity index (χ2v) is 7.75. The number of anilines is 2. The summed E-state index contributed by atoms with van der Waals surface area (Å²) in [6.45, 7) is 2.02. The summed E-state index contributed by atoms with van der Waals surface area (Å²) >= 11 is 7.33. The van der Waals surface area contributed by atoms with Gasteiger partial charge < -0.3 is 5.32 Å². The van der Waals surface area contributed by atoms with Crippen LogP contribution < -0.4 is 5.32 Å². The maximum Gasteiger partial charge on any atom is 0.309 e. The van der Waals surface area contributed by atoms with Crippen LogP contribution in [-0.2, 0) is 13.1 Å². The zero-order chi connectivity index (χ0) is 21.3. The minimum Gasteiger partial charge on any atom is -0.313 e. The van der Waals surface area contributed by atoms with Crippen LogP contribution in [0.5, 0.6) is 0 Å². The van der Waals surface area contributed by atoms with E-state index < -0.39 is 10.7 Å². The number of nitrogens with one attached hydrogen (secondary N) is 1. The van der Waals surface area contributed by atoms with Gasteiger partial charge in [0.25, 0.3) is 0 Å². The van der Waals surface area contributed by atoms with Crippen molar-refractivity contribution in [2.45, 2.75) is 20.0 Å². The van der Waals surface area contributed by atoms with Crippen LogP contribution in [0.3, 0.4) is 0 Å². The minimum absolute atomic E-state index is 0.0432. The Kier molecular flexibility index (Phi) is 5.42. The normalized spacial score (nSPS) is 11.0. The maximum atomic E-state index is 13.9. The van der Waals surface area contributed by atoms with Gasteiger partial charge in [-0.05, 0) is 19.1 Å². The molecular formula is C17H14ClFN8O2S. The third kappa shape index (κ3) is 4.28. The van der Waals surface area contributed by atoms with Gasteiger partial charge >= 0.3 is 5.69 Å². The highest BCUT2D eigenvalue weighted by Crippen LogP contribution is 2.23. The molecule has 0 aliphatic rings. The Bertz CT molecular complexity index is 1200. The van der Waals surface area contributed by atoms with Crippen molar-refractivity contribution in [1.29, 1.82) is 0 Å². The summed E-state index contributed by atoms with van der Waals surface area (Å²) in [5, 5.41) is 32.0. The van der Waals surface area contributed by atoms with Gasteiger partial charge in [-0.3, -0.25) is 19.5 Å². The summed E-state index contributed by atoms with van der Waals surface area (Å²) < 4.78 is 16.9. The monoisotopic (exact) mass is 448 g/mol. The summed E-state index contributed by atoms with van der Waals surface area (Å²) in [5.41, 5.74) is 0.650. The third-order valence-electron chi connectivity index (χ3n) is 4.14. The van der Waals surface area contributed by atoms with Crippen molar-refractivity contribution >= 4 is 39.6 Å². The van der Waals surface area contributed by atoms with Crippen LogP contribution in [0.4, 0.5) is 21.0 Å². The largest absolute Gasteiger partial charge is 0.313 e. The lowest BCUT2D eigenvalue weighted by Gasteiger charge is -2.05. The molecule has 0 amide bonds. The Balaban J connectivity index is 1.42. The Morgan fingerprint density at radius 1 is 1.23 bits per heavy atom. The number of aromatic nitrogens is 6. The molecule has 0 atom stereocenters. The molecule has 10 nitrogen and oxygen atoms in total. The van der Waals surface area contributed by atoms with Gasteiger partial charge in [0, 0.05) is 22.8 Å². The van der Waals surface area contributed by atoms with E-state index in [9.17, 15) is 14.5 Å². The molecular weight excluding hydrogens is 435 g/mol. The lowest BCUT2D eigenvalue weighted by molar-refractivity contribution is -0.385. The van der Waals surface area contributed by atoms with Crippen LogP contribution in [0.1, 0.15) is 16.3 Å². The second-order valence-electron chi connectivity index (χ2n) is 6.28. The highest BCUT2D eigenvalue weighted by molar-refractivity contribution is 7.15. The van der Waals surface area contributed by atoms with E-state index in [1.165, 1.54) is 28.3 Å². The number of hydrogen-bond donors (Lipinski definition) is 1. The Labute approximate surface area is 178 Å². The quantitative estimate of drug-likeness (QED) is 0.337. The van der Waals surface area contributed by atoms with Gasteiger partial charge in [-0.2, -0.15) is 10.2 Å². The van der Waals surface area contributed by atoms with Crippen LogP contribution in [-0.4, -0.2) is 34.7 Å². The first kappa shape index (κ1) is 19.9. The molecule has 3 heterocycles. The minimum atomic E-state index is -0.475. The topological polar surface area (TPSA) is 117 Å². The maximum absolute atomic E-state index is 13.9. The third-order valence-corrected chi connectivity index (χ3v) is 5.32. The first-order valence-corrected chi connectivity index (χ1v) is 9.82. The molecule has 1 N–H and O–H groups in total. The number of nitrogens with zero attached hydrogens (tertiary/aromatic N) is 7. The van der Waals surface area contributed by atoms with Gasteiger partial charge in [-0.25, -0.2) is 4.39 Å². The van der Waals surface area contributed by atoms with Crippen LogP contribution in [0.2, 0.25) is 5.02 Å². The number of rotatable bonds is 7. The molecule has 0 fully saturated rings. The Hall–Kier alpha value is -3.38. The molecule has 1 aromatic carbocycles. The van der Waals surface area contributed by atoms with Gasteiger partial charge in [0.05, 0.1) is 18.0 Å². The molecule has 4 aromatic rings. The van der Waals surface area contributed by atoms with Crippen LogP contribution in [0.15, 0.2) is 36.7 Å². The lowest BCUT2D eigenvalue weighted by Crippen LogP contribution is -2.04. The fourth-order valence-electron chi connectivity index (χ4n) is 2.75. The molecule has 3 aromatic heterocycles. The van der Waals surface area contributed by atoms with Gasteiger partial charge in [0.1, 0.15) is 22.7 Å². The van der Waals surface area contributed by atoms with Crippen LogP contribution in [0, 0.1) is 22.9 Å². The van der Waals surface area contributed by atoms with Crippen molar-refractivity contribution in [2.24, 2.45) is 0 Å². The zero-order valence-corrected chi connectivity index (χ0v) is 17.1. The predicted molar refractivity (Wildman–Crippen MR) is 109 cm³/mol. The predicted octanol–water partition coefficient (Wildman–Crippen LogP) is 3.78. The summed E-state index contributed by atoms with van der Waals surface area (Å²) in [4.78, 5) is 10.5. The van der Waals surface area contributed by atoms with Crippen molar-refractivity contribution in [3.63, 3.8) is 0 Å². The standard InChI is InChI=1S/C17H14ClFN8O2S/c1-10-14(27(28)29)8-26(23-10)9-16-21-22-17(30-16)20-15-5-6-25(24-15)7-11-12(18)3-2-4-13(11)19/h2-6,8H,7,9H2,1H3,(H,20,22,24). The average molecular weight is 449 g/mol. The molecule has 30 heavy (non-hydrogen) atoms. The summed E-state index contributed by atoms with van der Waals surface area (Å²) in [7, 11) is 0. The molecule has 0 radical (unpaired) electrons. The Morgan fingerprint density at radius 2 is 2.07 bits per heavy atom. The molecule has 154 valence electrons. The number of hydrogen-bond acceptors (Lipinski definition) is 8. The highest BCUT2D eigenvalue weighted by Gasteiger charge is 2.16. The first-order valence-electron chi connectivity index (χ1n) is 8.63. The molecule has 0 spiro atoms. The van der Waals surface area contributed by atoms with Crippen LogP contribution >= 0.6 is 22.9 Å². The number of nitro groups is 1. The molecule has 13 heteroatoms. The van der Waals surface area contributed by atoms with Gasteiger partial charge in [-0.15, -0.1) is 10.2 Å². The summed E-state index contributed by atoms with van der Waals surface area (Å²) in [5.74, 6) is 0.117. The Morgan fingerprint density at radius 3 is 2.80 bits per heavy atom. The smallest absolute Gasteiger partial charge is 0.309 e. The van der Waals surface area contributed by atoms with Crippen molar-refractivity contribution in [1.82, 2.24) is 29.8 Å². The van der Waals surface area contributed by atoms with Gasteiger partial charge in [0.2, 0.25) is 5.13 Å². The van der Waals surface area contributed by atoms with Gasteiger partial charge in [-0.1, -0.05) is 29.0 Å². The van der Waals surface area contributed by atoms with E-state index in [0.29, 0.717) is 32.2 Å². The van der Waals surface area contributed by atoms with Crippen LogP contribution in [0.25, 0.3) is 0 Å². The molecule has 0 bridgehead atoms. The second kappa shape index (κ2) is 8.16. The van der Waals surface area contributed by atoms with E-state index >= 15 is 0 Å². The van der Waals surface area contributed by atoms with Crippen molar-refractivity contribution in [3.05, 3.63) is 73.9 Å². The highest BCUT2D eigenvalue weighted by atomic mass is 35.5. The van der Waals surface area contributed by atoms with E-state index in [4.69, 9.17) is 11.6 Å². The molecule has 0 saturated carbocycles. The molecule has 0 saturated heterocycles. The number of benzene rings is 1. The van der Waals surface area contributed by atoms with Crippen molar-refractivity contribution in [2.75, 3.05) is 5.32 Å². The summed E-state index contributed by atoms with van der Waals surface area (Å²) in [6, 6.07) is 6.24. The fourth-order valence-corrected chi connectivity index (χ4v) is 3.71. The fraction of sp³-hybridized carbons (Fsp3) is 0.176. The van der Waals surface area contributed by atoms with E-state index in [-0.39, 0.29) is 18.8 Å². The molecule has 0 aliphatic heterocycles. The van der Waals surface area contributed by atoms with E-state index in [1.54, 1.807) is 36.0 Å². The molecule has 4 rings (SSSR count). The van der Waals surface area contributed by atoms with E-state index in [0.717, 1.165) is 0 Å². The van der Waals surface area contributed by atoms with E-state index in [1.807, 2.05) is 0 Å². The van der Waals surface area contributed by atoms with Gasteiger partial charge in [0.15, 0.2) is 5.82 Å². The number of aryl methyl sites for hydroxylation is 1. The zero-order valence-electron chi connectivity index (χ0n) is 15.5.